The molecule has 0 spiro atoms. The molecule has 1 aromatic heterocycles. The molecule has 0 amide bonds. The van der Waals surface area contributed by atoms with Crippen LogP contribution in [0, 0.1) is 0 Å². The second kappa shape index (κ2) is 8.35. The van der Waals surface area contributed by atoms with E-state index >= 15 is 0 Å². The highest BCUT2D eigenvalue weighted by Crippen LogP contribution is 2.26. The van der Waals surface area contributed by atoms with Gasteiger partial charge in [-0.15, -0.1) is 0 Å². The highest BCUT2D eigenvalue weighted by Gasteiger charge is 2.14. The molecule has 0 saturated heterocycles. The fraction of sp³-hybridized carbons (Fsp3) is 0.364. The SMILES string of the molecule is CCCCCCCC(O)c1ccc2c(=O)c3cc(C(=O)O)ccc3oc2c1. The van der Waals surface area contributed by atoms with Crippen LogP contribution >= 0.6 is 0 Å². The Bertz CT molecular complexity index is 1020. The van der Waals surface area contributed by atoms with Gasteiger partial charge in [-0.3, -0.25) is 4.79 Å². The molecule has 0 saturated carbocycles. The molecule has 3 rings (SSSR count). The lowest BCUT2D eigenvalue weighted by atomic mass is 10.0. The summed E-state index contributed by atoms with van der Waals surface area (Å²) >= 11 is 0. The van der Waals surface area contributed by atoms with Gasteiger partial charge in [0.15, 0.2) is 0 Å². The van der Waals surface area contributed by atoms with Crippen LogP contribution < -0.4 is 5.43 Å². The minimum atomic E-state index is -1.09. The first-order valence-corrected chi connectivity index (χ1v) is 9.43. The highest BCUT2D eigenvalue weighted by molar-refractivity contribution is 5.96. The fourth-order valence-electron chi connectivity index (χ4n) is 3.32. The quantitative estimate of drug-likeness (QED) is 0.430. The lowest BCUT2D eigenvalue weighted by molar-refractivity contribution is 0.0697. The maximum absolute atomic E-state index is 12.7. The maximum Gasteiger partial charge on any atom is 0.335 e. The van der Waals surface area contributed by atoms with Gasteiger partial charge in [-0.05, 0) is 42.3 Å². The monoisotopic (exact) mass is 368 g/mol. The second-order valence-corrected chi connectivity index (χ2v) is 6.92. The van der Waals surface area contributed by atoms with E-state index in [2.05, 4.69) is 6.92 Å². The summed E-state index contributed by atoms with van der Waals surface area (Å²) in [5, 5.41) is 20.2. The van der Waals surface area contributed by atoms with E-state index in [1.807, 2.05) is 0 Å². The van der Waals surface area contributed by atoms with Gasteiger partial charge in [-0.2, -0.15) is 0 Å². The molecular formula is C22H24O5. The number of carbonyl (C=O) groups is 1. The number of aliphatic hydroxyl groups is 1. The molecule has 2 aromatic carbocycles. The molecule has 0 aliphatic carbocycles. The van der Waals surface area contributed by atoms with Crippen molar-refractivity contribution in [2.24, 2.45) is 0 Å². The molecule has 0 fully saturated rings. The number of hydrogen-bond acceptors (Lipinski definition) is 4. The first-order valence-electron chi connectivity index (χ1n) is 9.43. The number of rotatable bonds is 8. The van der Waals surface area contributed by atoms with Crippen molar-refractivity contribution in [2.45, 2.75) is 51.6 Å². The van der Waals surface area contributed by atoms with Gasteiger partial charge in [-0.1, -0.05) is 45.1 Å². The maximum atomic E-state index is 12.7. The Hall–Kier alpha value is -2.66. The minimum absolute atomic E-state index is 0.0456. The largest absolute Gasteiger partial charge is 0.478 e. The smallest absolute Gasteiger partial charge is 0.335 e. The second-order valence-electron chi connectivity index (χ2n) is 6.92. The third kappa shape index (κ3) is 4.19. The van der Waals surface area contributed by atoms with E-state index in [1.165, 1.54) is 37.5 Å². The van der Waals surface area contributed by atoms with Crippen molar-refractivity contribution in [2.75, 3.05) is 0 Å². The van der Waals surface area contributed by atoms with E-state index in [0.29, 0.717) is 23.0 Å². The summed E-state index contributed by atoms with van der Waals surface area (Å²) < 4.78 is 5.81. The number of fused-ring (bicyclic) bond motifs is 2. The van der Waals surface area contributed by atoms with Gasteiger partial charge in [0.05, 0.1) is 22.4 Å². The van der Waals surface area contributed by atoms with Crippen LogP contribution in [-0.4, -0.2) is 16.2 Å². The Kier molecular flexibility index (Phi) is 5.91. The Morgan fingerprint density at radius 2 is 1.78 bits per heavy atom. The van der Waals surface area contributed by atoms with E-state index < -0.39 is 12.1 Å². The predicted octanol–water partition coefficient (Wildman–Crippen LogP) is 5.04. The normalized spacial score (nSPS) is 12.5. The summed E-state index contributed by atoms with van der Waals surface area (Å²) in [6.07, 6.45) is 5.73. The number of benzene rings is 2. The average molecular weight is 368 g/mol. The van der Waals surface area contributed by atoms with E-state index in [1.54, 1.807) is 18.2 Å². The van der Waals surface area contributed by atoms with Crippen molar-refractivity contribution in [3.63, 3.8) is 0 Å². The summed E-state index contributed by atoms with van der Waals surface area (Å²) in [7, 11) is 0. The molecule has 0 aliphatic heterocycles. The van der Waals surface area contributed by atoms with Crippen molar-refractivity contribution in [3.05, 3.63) is 57.7 Å². The number of carboxylic acid groups (broad SMARTS) is 1. The van der Waals surface area contributed by atoms with Crippen LogP contribution in [0.1, 0.15) is 67.5 Å². The topological polar surface area (TPSA) is 87.7 Å². The zero-order valence-corrected chi connectivity index (χ0v) is 15.4. The van der Waals surface area contributed by atoms with E-state index in [0.717, 1.165) is 18.4 Å². The van der Waals surface area contributed by atoms with Crippen molar-refractivity contribution in [3.8, 4) is 0 Å². The third-order valence-corrected chi connectivity index (χ3v) is 4.91. The standard InChI is InChI=1S/C22H24O5/c1-2-3-4-5-6-7-18(23)14-8-10-16-20(13-14)27-19-11-9-15(22(25)26)12-17(19)21(16)24/h8-13,18,23H,2-7H2,1H3,(H,25,26). The summed E-state index contributed by atoms with van der Waals surface area (Å²) in [4.78, 5) is 23.8. The molecule has 27 heavy (non-hydrogen) atoms. The van der Waals surface area contributed by atoms with Gasteiger partial charge in [0.25, 0.3) is 0 Å². The summed E-state index contributed by atoms with van der Waals surface area (Å²) in [5.41, 5.74) is 1.24. The first-order chi connectivity index (χ1) is 13.0. The molecule has 0 radical (unpaired) electrons. The molecule has 3 aromatic rings. The van der Waals surface area contributed by atoms with Gasteiger partial charge in [-0.25, -0.2) is 4.79 Å². The third-order valence-electron chi connectivity index (χ3n) is 4.91. The summed E-state index contributed by atoms with van der Waals surface area (Å²) in [6.45, 7) is 2.17. The van der Waals surface area contributed by atoms with Gasteiger partial charge >= 0.3 is 5.97 Å². The molecular weight excluding hydrogens is 344 g/mol. The zero-order chi connectivity index (χ0) is 19.4. The first kappa shape index (κ1) is 19.1. The van der Waals surface area contributed by atoms with Crippen molar-refractivity contribution < 1.29 is 19.4 Å². The van der Waals surface area contributed by atoms with Gasteiger partial charge < -0.3 is 14.6 Å². The molecule has 0 aliphatic rings. The highest BCUT2D eigenvalue weighted by atomic mass is 16.4. The molecule has 1 heterocycles. The van der Waals surface area contributed by atoms with Crippen LogP contribution in [0.5, 0.6) is 0 Å². The minimum Gasteiger partial charge on any atom is -0.478 e. The van der Waals surface area contributed by atoms with Gasteiger partial charge in [0, 0.05) is 0 Å². The van der Waals surface area contributed by atoms with Crippen LogP contribution in [0.15, 0.2) is 45.6 Å². The summed E-state index contributed by atoms with van der Waals surface area (Å²) in [6, 6.07) is 9.33. The Morgan fingerprint density at radius 1 is 1.00 bits per heavy atom. The lowest BCUT2D eigenvalue weighted by Gasteiger charge is -2.12. The number of aromatic carboxylic acids is 1. The van der Waals surface area contributed by atoms with Crippen LogP contribution in [0.2, 0.25) is 0 Å². The van der Waals surface area contributed by atoms with Gasteiger partial charge in [0.1, 0.15) is 11.2 Å². The Balaban J connectivity index is 1.89. The van der Waals surface area contributed by atoms with Crippen LogP contribution in [0.3, 0.4) is 0 Å². The van der Waals surface area contributed by atoms with Crippen LogP contribution in [0.25, 0.3) is 21.9 Å². The predicted molar refractivity (Wildman–Crippen MR) is 105 cm³/mol. The molecule has 0 bridgehead atoms. The van der Waals surface area contributed by atoms with Crippen molar-refractivity contribution >= 4 is 27.9 Å². The number of aliphatic hydroxyl groups excluding tert-OH is 1. The van der Waals surface area contributed by atoms with E-state index in [4.69, 9.17) is 9.52 Å². The fourth-order valence-corrected chi connectivity index (χ4v) is 3.32. The molecule has 5 heteroatoms. The number of carboxylic acids is 1. The van der Waals surface area contributed by atoms with Crippen LogP contribution in [0.4, 0.5) is 0 Å². The Labute approximate surface area is 157 Å². The molecule has 5 nitrogen and oxygen atoms in total. The number of unbranched alkanes of at least 4 members (excludes halogenated alkanes) is 4. The van der Waals surface area contributed by atoms with Crippen LogP contribution in [-0.2, 0) is 0 Å². The van der Waals surface area contributed by atoms with Gasteiger partial charge in [0.2, 0.25) is 5.43 Å². The molecule has 2 N–H and O–H groups in total. The average Bonchev–Trinajstić information content (AvgIpc) is 2.67. The molecule has 1 atom stereocenters. The van der Waals surface area contributed by atoms with Crippen molar-refractivity contribution in [1.29, 1.82) is 0 Å². The zero-order valence-electron chi connectivity index (χ0n) is 15.4. The van der Waals surface area contributed by atoms with E-state index in [9.17, 15) is 14.7 Å². The lowest BCUT2D eigenvalue weighted by Crippen LogP contribution is -2.05. The Morgan fingerprint density at radius 3 is 2.52 bits per heavy atom. The number of hydrogen-bond donors (Lipinski definition) is 2. The molecule has 142 valence electrons. The molecule has 1 unspecified atom stereocenters. The summed E-state index contributed by atoms with van der Waals surface area (Å²) in [5.74, 6) is -1.09. The van der Waals surface area contributed by atoms with E-state index in [-0.39, 0.29) is 16.4 Å². The van der Waals surface area contributed by atoms with Crippen molar-refractivity contribution in [1.82, 2.24) is 0 Å².